The summed E-state index contributed by atoms with van der Waals surface area (Å²) in [4.78, 5) is 41.6. The van der Waals surface area contributed by atoms with Gasteiger partial charge in [0.1, 0.15) is 6.54 Å². The van der Waals surface area contributed by atoms with Crippen molar-refractivity contribution in [3.63, 3.8) is 0 Å². The fraction of sp³-hybridized carbons (Fsp3) is 0.500. The lowest BCUT2D eigenvalue weighted by atomic mass is 9.95. The van der Waals surface area contributed by atoms with Gasteiger partial charge in [-0.3, -0.25) is 14.4 Å². The van der Waals surface area contributed by atoms with Crippen LogP contribution in [0.3, 0.4) is 0 Å². The number of piperazine rings is 1. The van der Waals surface area contributed by atoms with E-state index in [1.54, 1.807) is 21.6 Å². The first-order chi connectivity index (χ1) is 11.6. The van der Waals surface area contributed by atoms with Gasteiger partial charge in [-0.25, -0.2) is 0 Å². The van der Waals surface area contributed by atoms with Crippen LogP contribution in [-0.2, 0) is 14.4 Å². The summed E-state index contributed by atoms with van der Waals surface area (Å²) in [5.41, 5.74) is 0.879. The van der Waals surface area contributed by atoms with Crippen LogP contribution in [0.25, 0.3) is 0 Å². The molecule has 0 spiro atoms. The molecule has 0 atom stereocenters. The Morgan fingerprint density at radius 1 is 0.958 bits per heavy atom. The van der Waals surface area contributed by atoms with E-state index in [1.807, 2.05) is 30.3 Å². The molecule has 0 aromatic heterocycles. The summed E-state index contributed by atoms with van der Waals surface area (Å²) in [6, 6.07) is 9.55. The quantitative estimate of drug-likeness (QED) is 0.817. The summed E-state index contributed by atoms with van der Waals surface area (Å²) in [5.74, 6) is 0.00506. The molecule has 0 saturated carbocycles. The summed E-state index contributed by atoms with van der Waals surface area (Å²) in [7, 11) is 0. The molecule has 3 rings (SSSR count). The highest BCUT2D eigenvalue weighted by atomic mass is 16.2. The molecule has 128 valence electrons. The fourth-order valence-electron chi connectivity index (χ4n) is 3.44. The lowest BCUT2D eigenvalue weighted by molar-refractivity contribution is -0.143. The molecule has 2 fully saturated rings. The molecule has 6 nitrogen and oxygen atoms in total. The Morgan fingerprint density at radius 3 is 2.21 bits per heavy atom. The number of para-hydroxylation sites is 1. The van der Waals surface area contributed by atoms with Crippen LogP contribution in [0, 0.1) is 5.92 Å². The smallest absolute Gasteiger partial charge is 0.246 e. The number of nitrogens with zero attached hydrogens (tertiary/aromatic N) is 3. The third kappa shape index (κ3) is 3.42. The van der Waals surface area contributed by atoms with Crippen molar-refractivity contribution in [2.75, 3.05) is 37.6 Å². The average molecular weight is 329 g/mol. The van der Waals surface area contributed by atoms with Gasteiger partial charge in [0.2, 0.25) is 17.7 Å². The van der Waals surface area contributed by atoms with Crippen molar-refractivity contribution < 1.29 is 14.4 Å². The van der Waals surface area contributed by atoms with Gasteiger partial charge in [0.15, 0.2) is 0 Å². The summed E-state index contributed by atoms with van der Waals surface area (Å²) in [6.45, 7) is 4.05. The van der Waals surface area contributed by atoms with E-state index in [0.717, 1.165) is 5.69 Å². The van der Waals surface area contributed by atoms with Crippen LogP contribution in [0.15, 0.2) is 30.3 Å². The van der Waals surface area contributed by atoms with Crippen LogP contribution in [0.1, 0.15) is 19.8 Å². The van der Waals surface area contributed by atoms with E-state index in [9.17, 15) is 14.4 Å². The zero-order valence-corrected chi connectivity index (χ0v) is 14.0. The van der Waals surface area contributed by atoms with Gasteiger partial charge in [0, 0.05) is 44.7 Å². The van der Waals surface area contributed by atoms with E-state index in [1.165, 1.54) is 0 Å². The summed E-state index contributed by atoms with van der Waals surface area (Å²) in [5, 5.41) is 0. The Labute approximate surface area is 142 Å². The molecular formula is C18H23N3O3. The average Bonchev–Trinajstić information content (AvgIpc) is 2.62. The van der Waals surface area contributed by atoms with Gasteiger partial charge in [-0.15, -0.1) is 0 Å². The third-order valence-electron chi connectivity index (χ3n) is 4.89. The van der Waals surface area contributed by atoms with Crippen LogP contribution in [0.5, 0.6) is 0 Å². The number of benzene rings is 1. The maximum Gasteiger partial charge on any atom is 0.246 e. The van der Waals surface area contributed by atoms with Crippen molar-refractivity contribution >= 4 is 23.4 Å². The number of anilines is 1. The van der Waals surface area contributed by atoms with Crippen molar-refractivity contribution in [2.45, 2.75) is 19.8 Å². The minimum atomic E-state index is -0.0725. The number of hydrogen-bond acceptors (Lipinski definition) is 3. The van der Waals surface area contributed by atoms with E-state index < -0.39 is 0 Å². The minimum Gasteiger partial charge on any atom is -0.343 e. The van der Waals surface area contributed by atoms with Crippen LogP contribution in [0.4, 0.5) is 5.69 Å². The van der Waals surface area contributed by atoms with Crippen molar-refractivity contribution in [2.24, 2.45) is 5.92 Å². The molecule has 2 saturated heterocycles. The first kappa shape index (κ1) is 16.5. The first-order valence-electron chi connectivity index (χ1n) is 8.46. The molecule has 1 aromatic rings. The molecule has 0 N–H and O–H groups in total. The van der Waals surface area contributed by atoms with E-state index in [4.69, 9.17) is 0 Å². The normalized spacial score (nSPS) is 19.5. The zero-order chi connectivity index (χ0) is 17.1. The topological polar surface area (TPSA) is 60.9 Å². The van der Waals surface area contributed by atoms with E-state index in [0.29, 0.717) is 39.0 Å². The van der Waals surface area contributed by atoms with Gasteiger partial charge in [-0.05, 0) is 25.0 Å². The molecule has 1 aromatic carbocycles. The molecule has 0 unspecified atom stereocenters. The second-order valence-corrected chi connectivity index (χ2v) is 6.42. The molecule has 3 amide bonds. The lowest BCUT2D eigenvalue weighted by Crippen LogP contribution is -2.54. The number of amides is 3. The van der Waals surface area contributed by atoms with Crippen LogP contribution in [-0.4, -0.2) is 60.2 Å². The highest BCUT2D eigenvalue weighted by molar-refractivity contribution is 5.98. The number of carbonyl (C=O) groups is 3. The number of rotatable bonds is 2. The monoisotopic (exact) mass is 329 g/mol. The van der Waals surface area contributed by atoms with Gasteiger partial charge < -0.3 is 14.7 Å². The summed E-state index contributed by atoms with van der Waals surface area (Å²) < 4.78 is 0. The van der Waals surface area contributed by atoms with Crippen molar-refractivity contribution in [1.29, 1.82) is 0 Å². The predicted octanol–water partition coefficient (Wildman–Crippen LogP) is 1.12. The van der Waals surface area contributed by atoms with Crippen LogP contribution < -0.4 is 4.90 Å². The summed E-state index contributed by atoms with van der Waals surface area (Å²) >= 11 is 0. The molecule has 6 heteroatoms. The molecule has 0 bridgehead atoms. The Morgan fingerprint density at radius 2 is 1.62 bits per heavy atom. The predicted molar refractivity (Wildman–Crippen MR) is 90.4 cm³/mol. The third-order valence-corrected chi connectivity index (χ3v) is 4.89. The Hall–Kier alpha value is -2.37. The molecule has 2 heterocycles. The highest BCUT2D eigenvalue weighted by Gasteiger charge is 2.33. The maximum atomic E-state index is 12.7. The fourth-order valence-corrected chi connectivity index (χ4v) is 3.44. The molecule has 24 heavy (non-hydrogen) atoms. The number of hydrogen-bond donors (Lipinski definition) is 0. The van der Waals surface area contributed by atoms with Gasteiger partial charge in [0.05, 0.1) is 0 Å². The van der Waals surface area contributed by atoms with Crippen LogP contribution in [0.2, 0.25) is 0 Å². The highest BCUT2D eigenvalue weighted by Crippen LogP contribution is 2.22. The molecule has 2 aliphatic rings. The molecule has 2 aliphatic heterocycles. The minimum absolute atomic E-state index is 0.0398. The van der Waals surface area contributed by atoms with E-state index >= 15 is 0 Å². The number of likely N-dealkylation sites (tertiary alicyclic amines) is 1. The molecular weight excluding hydrogens is 306 g/mol. The zero-order valence-electron chi connectivity index (χ0n) is 14.0. The standard InChI is InChI=1S/C18H23N3O3/c1-14(22)19-9-7-15(8-10-19)18(24)20-11-12-21(17(23)13-20)16-5-3-2-4-6-16/h2-6,15H,7-13H2,1H3. The number of carbonyl (C=O) groups excluding carboxylic acids is 3. The lowest BCUT2D eigenvalue weighted by Gasteiger charge is -2.38. The maximum absolute atomic E-state index is 12.7. The van der Waals surface area contributed by atoms with Crippen molar-refractivity contribution in [1.82, 2.24) is 9.80 Å². The van der Waals surface area contributed by atoms with Gasteiger partial charge in [-0.1, -0.05) is 18.2 Å². The Bertz CT molecular complexity index is 624. The molecule has 0 aliphatic carbocycles. The van der Waals surface area contributed by atoms with E-state index in [-0.39, 0.29) is 30.2 Å². The van der Waals surface area contributed by atoms with Gasteiger partial charge in [-0.2, -0.15) is 0 Å². The molecule has 0 radical (unpaired) electrons. The van der Waals surface area contributed by atoms with E-state index in [2.05, 4.69) is 0 Å². The Balaban J connectivity index is 1.57. The SMILES string of the molecule is CC(=O)N1CCC(C(=O)N2CCN(c3ccccc3)C(=O)C2)CC1. The largest absolute Gasteiger partial charge is 0.343 e. The second-order valence-electron chi connectivity index (χ2n) is 6.42. The summed E-state index contributed by atoms with van der Waals surface area (Å²) in [6.07, 6.45) is 1.37. The van der Waals surface area contributed by atoms with Gasteiger partial charge >= 0.3 is 0 Å². The van der Waals surface area contributed by atoms with Crippen LogP contribution >= 0.6 is 0 Å². The number of piperidine rings is 1. The second kappa shape index (κ2) is 7.03. The van der Waals surface area contributed by atoms with Crippen molar-refractivity contribution in [3.8, 4) is 0 Å². The van der Waals surface area contributed by atoms with Gasteiger partial charge in [0.25, 0.3) is 0 Å². The Kier molecular flexibility index (Phi) is 4.83. The first-order valence-corrected chi connectivity index (χ1v) is 8.46. The van der Waals surface area contributed by atoms with Crippen molar-refractivity contribution in [3.05, 3.63) is 30.3 Å².